The summed E-state index contributed by atoms with van der Waals surface area (Å²) in [5.74, 6) is -0.255. The van der Waals surface area contributed by atoms with Crippen molar-refractivity contribution in [1.82, 2.24) is 0 Å². The third-order valence-electron chi connectivity index (χ3n) is 3.37. The van der Waals surface area contributed by atoms with Crippen molar-refractivity contribution in [2.45, 2.75) is 12.6 Å². The zero-order valence-corrected chi connectivity index (χ0v) is 11.7. The second-order valence-corrected chi connectivity index (χ2v) is 5.12. The van der Waals surface area contributed by atoms with E-state index in [0.717, 1.165) is 5.69 Å². The molecule has 0 aliphatic carbocycles. The molecule has 2 N–H and O–H groups in total. The number of nitrogens with zero attached hydrogens (tertiary/aromatic N) is 1. The van der Waals surface area contributed by atoms with Gasteiger partial charge >= 0.3 is 0 Å². The van der Waals surface area contributed by atoms with E-state index in [0.29, 0.717) is 11.4 Å². The molecule has 3 rings (SSSR count). The zero-order chi connectivity index (χ0) is 14.9. The zero-order valence-electron chi connectivity index (χ0n) is 11.7. The van der Waals surface area contributed by atoms with E-state index in [-0.39, 0.29) is 5.91 Å². The van der Waals surface area contributed by atoms with Gasteiger partial charge in [-0.1, -0.05) is 36.4 Å². The maximum absolute atomic E-state index is 12.6. The molecular weight excluding hydrogens is 264 g/mol. The number of benzene rings is 2. The van der Waals surface area contributed by atoms with Gasteiger partial charge in [-0.15, -0.1) is 0 Å². The van der Waals surface area contributed by atoms with Crippen LogP contribution in [0.2, 0.25) is 0 Å². The Morgan fingerprint density at radius 2 is 1.57 bits per heavy atom. The molecule has 1 aliphatic rings. The van der Waals surface area contributed by atoms with Crippen molar-refractivity contribution in [2.24, 2.45) is 0 Å². The van der Waals surface area contributed by atoms with E-state index in [9.17, 15) is 9.90 Å². The Hall–Kier alpha value is -2.59. The van der Waals surface area contributed by atoms with Gasteiger partial charge < -0.3 is 10.4 Å². The molecule has 2 aromatic rings. The molecule has 0 fully saturated rings. The molecule has 21 heavy (non-hydrogen) atoms. The molecule has 106 valence electrons. The second-order valence-electron chi connectivity index (χ2n) is 5.12. The number of para-hydroxylation sites is 2. The number of amides is 1. The third kappa shape index (κ3) is 2.53. The number of carbonyl (C=O) groups excluding carboxylic acids is 1. The Kier molecular flexibility index (Phi) is 3.23. The summed E-state index contributed by atoms with van der Waals surface area (Å²) in [5.41, 5.74) is 0.488. The van der Waals surface area contributed by atoms with Crippen LogP contribution in [0.25, 0.3) is 0 Å². The molecule has 0 spiro atoms. The van der Waals surface area contributed by atoms with Crippen molar-refractivity contribution in [1.29, 1.82) is 0 Å². The Balaban J connectivity index is 1.90. The van der Waals surface area contributed by atoms with Gasteiger partial charge in [0.15, 0.2) is 5.72 Å². The van der Waals surface area contributed by atoms with Crippen LogP contribution in [0.1, 0.15) is 6.92 Å². The van der Waals surface area contributed by atoms with E-state index in [4.69, 9.17) is 0 Å². The lowest BCUT2D eigenvalue weighted by Crippen LogP contribution is -2.44. The van der Waals surface area contributed by atoms with Crippen LogP contribution in [0.15, 0.2) is 72.4 Å². The summed E-state index contributed by atoms with van der Waals surface area (Å²) >= 11 is 0. The number of aliphatic hydroxyl groups is 1. The maximum atomic E-state index is 12.6. The van der Waals surface area contributed by atoms with Crippen LogP contribution < -0.4 is 10.2 Å². The maximum Gasteiger partial charge on any atom is 0.277 e. The normalized spacial score (nSPS) is 21.3. The van der Waals surface area contributed by atoms with E-state index in [2.05, 4.69) is 5.32 Å². The summed E-state index contributed by atoms with van der Waals surface area (Å²) in [6, 6.07) is 18.5. The highest BCUT2D eigenvalue weighted by Crippen LogP contribution is 2.32. The number of carbonyl (C=O) groups is 1. The van der Waals surface area contributed by atoms with E-state index in [1.165, 1.54) is 11.0 Å². The first kappa shape index (κ1) is 13.4. The minimum atomic E-state index is -1.35. The lowest BCUT2D eigenvalue weighted by Gasteiger charge is -2.29. The first-order valence-electron chi connectivity index (χ1n) is 6.75. The average Bonchev–Trinajstić information content (AvgIpc) is 2.70. The molecule has 0 aromatic heterocycles. The van der Waals surface area contributed by atoms with Crippen LogP contribution >= 0.6 is 0 Å². The van der Waals surface area contributed by atoms with Gasteiger partial charge in [0.25, 0.3) is 5.91 Å². The van der Waals surface area contributed by atoms with Gasteiger partial charge in [-0.25, -0.2) is 0 Å². The summed E-state index contributed by atoms with van der Waals surface area (Å²) in [6.07, 6.45) is 1.54. The van der Waals surface area contributed by atoms with E-state index in [1.54, 1.807) is 19.1 Å². The van der Waals surface area contributed by atoms with Gasteiger partial charge in [0, 0.05) is 11.4 Å². The summed E-state index contributed by atoms with van der Waals surface area (Å²) in [7, 11) is 0. The number of rotatable bonds is 3. The topological polar surface area (TPSA) is 52.6 Å². The van der Waals surface area contributed by atoms with Crippen molar-refractivity contribution in [3.63, 3.8) is 0 Å². The standard InChI is InChI=1S/C17H16N2O2/c1-17(21)12-15(18-13-8-4-2-5-9-13)16(20)19(17)14-10-6-3-7-11-14/h2-12,18,21H,1H3. The molecule has 1 amide bonds. The fourth-order valence-corrected chi connectivity index (χ4v) is 2.45. The molecule has 0 saturated carbocycles. The number of hydrogen-bond donors (Lipinski definition) is 2. The predicted molar refractivity (Wildman–Crippen MR) is 82.7 cm³/mol. The molecule has 2 aromatic carbocycles. The molecule has 1 heterocycles. The van der Waals surface area contributed by atoms with Gasteiger partial charge in [-0.3, -0.25) is 9.69 Å². The lowest BCUT2D eigenvalue weighted by atomic mass is 10.2. The molecule has 4 heteroatoms. The Morgan fingerprint density at radius 1 is 1.00 bits per heavy atom. The summed E-state index contributed by atoms with van der Waals surface area (Å²) < 4.78 is 0. The molecule has 1 unspecified atom stereocenters. The predicted octanol–water partition coefficient (Wildman–Crippen LogP) is 2.74. The minimum Gasteiger partial charge on any atom is -0.367 e. The summed E-state index contributed by atoms with van der Waals surface area (Å²) in [4.78, 5) is 13.9. The van der Waals surface area contributed by atoms with Crippen LogP contribution in [0, 0.1) is 0 Å². The first-order chi connectivity index (χ1) is 10.1. The van der Waals surface area contributed by atoms with Crippen LogP contribution in [0.4, 0.5) is 11.4 Å². The second kappa shape index (κ2) is 5.07. The Labute approximate surface area is 123 Å². The van der Waals surface area contributed by atoms with Crippen molar-refractivity contribution in [3.05, 3.63) is 72.4 Å². The molecule has 1 atom stereocenters. The molecule has 0 radical (unpaired) electrons. The van der Waals surface area contributed by atoms with E-state index < -0.39 is 5.72 Å². The number of nitrogens with one attached hydrogen (secondary N) is 1. The van der Waals surface area contributed by atoms with Crippen LogP contribution in [-0.4, -0.2) is 16.7 Å². The molecule has 0 saturated heterocycles. The fourth-order valence-electron chi connectivity index (χ4n) is 2.45. The van der Waals surface area contributed by atoms with Crippen molar-refractivity contribution in [2.75, 3.05) is 10.2 Å². The van der Waals surface area contributed by atoms with Gasteiger partial charge in [-0.2, -0.15) is 0 Å². The Morgan fingerprint density at radius 3 is 2.19 bits per heavy atom. The van der Waals surface area contributed by atoms with Crippen LogP contribution in [0.5, 0.6) is 0 Å². The monoisotopic (exact) mass is 280 g/mol. The smallest absolute Gasteiger partial charge is 0.277 e. The quantitative estimate of drug-likeness (QED) is 0.909. The van der Waals surface area contributed by atoms with Crippen molar-refractivity contribution in [3.8, 4) is 0 Å². The molecule has 1 aliphatic heterocycles. The lowest BCUT2D eigenvalue weighted by molar-refractivity contribution is -0.116. The van der Waals surface area contributed by atoms with Gasteiger partial charge in [-0.05, 0) is 37.3 Å². The van der Waals surface area contributed by atoms with Gasteiger partial charge in [0.2, 0.25) is 0 Å². The largest absolute Gasteiger partial charge is 0.367 e. The third-order valence-corrected chi connectivity index (χ3v) is 3.37. The van der Waals surface area contributed by atoms with Crippen LogP contribution in [-0.2, 0) is 4.79 Å². The highest BCUT2D eigenvalue weighted by atomic mass is 16.3. The Bertz CT molecular complexity index is 678. The fraction of sp³-hybridized carbons (Fsp3) is 0.118. The SMILES string of the molecule is CC1(O)C=C(Nc2ccccc2)C(=O)N1c1ccccc1. The van der Waals surface area contributed by atoms with Crippen molar-refractivity contribution >= 4 is 17.3 Å². The van der Waals surface area contributed by atoms with Crippen LogP contribution in [0.3, 0.4) is 0 Å². The van der Waals surface area contributed by atoms with Gasteiger partial charge in [0.1, 0.15) is 5.70 Å². The minimum absolute atomic E-state index is 0.255. The number of hydrogen-bond acceptors (Lipinski definition) is 3. The summed E-state index contributed by atoms with van der Waals surface area (Å²) in [6.45, 7) is 1.59. The van der Waals surface area contributed by atoms with Gasteiger partial charge in [0.05, 0.1) is 0 Å². The molecular formula is C17H16N2O2. The number of anilines is 2. The average molecular weight is 280 g/mol. The highest BCUT2D eigenvalue weighted by molar-refractivity contribution is 6.11. The highest BCUT2D eigenvalue weighted by Gasteiger charge is 2.41. The molecule has 4 nitrogen and oxygen atoms in total. The first-order valence-corrected chi connectivity index (χ1v) is 6.75. The van der Waals surface area contributed by atoms with Crippen molar-refractivity contribution < 1.29 is 9.90 Å². The van der Waals surface area contributed by atoms with E-state index in [1.807, 2.05) is 48.5 Å². The summed E-state index contributed by atoms with van der Waals surface area (Å²) in [5, 5.41) is 13.6. The molecule has 0 bridgehead atoms. The van der Waals surface area contributed by atoms with E-state index >= 15 is 0 Å².